The average molecular weight is 225 g/mol. The van der Waals surface area contributed by atoms with E-state index in [0.717, 1.165) is 0 Å². The van der Waals surface area contributed by atoms with E-state index in [-0.39, 0.29) is 5.70 Å². The first-order valence-electron chi connectivity index (χ1n) is 2.38. The van der Waals surface area contributed by atoms with Crippen molar-refractivity contribution in [1.82, 2.24) is 5.32 Å². The Balaban J connectivity index is 2.64. The maximum Gasteiger partial charge on any atom is 0.352 e. The molecule has 0 aromatic heterocycles. The van der Waals surface area contributed by atoms with E-state index in [1.165, 1.54) is 17.2 Å². The second kappa shape index (κ2) is 2.44. The van der Waals surface area contributed by atoms with Crippen LogP contribution in [0.25, 0.3) is 0 Å². The van der Waals surface area contributed by atoms with Gasteiger partial charge in [-0.3, -0.25) is 5.73 Å². The number of nitrogens with two attached hydrogens (primary N) is 1. The zero-order valence-corrected chi connectivity index (χ0v) is 7.20. The van der Waals surface area contributed by atoms with E-state index >= 15 is 0 Å². The van der Waals surface area contributed by atoms with E-state index in [0.29, 0.717) is 0 Å². The highest BCUT2D eigenvalue weighted by molar-refractivity contribution is 9.11. The van der Waals surface area contributed by atoms with E-state index in [9.17, 15) is 4.79 Å². The molecule has 0 fully saturated rings. The Morgan fingerprint density at radius 2 is 2.60 bits per heavy atom. The number of nitrogens with one attached hydrogen (secondary N) is 1. The molecular formula is C4H5BrN2O2S. The molecule has 1 unspecified atom stereocenters. The fraction of sp³-hybridized carbons (Fsp3) is 0.250. The van der Waals surface area contributed by atoms with Crippen molar-refractivity contribution in [2.45, 2.75) is 3.90 Å². The minimum Gasteiger partial charge on any atom is -0.477 e. The third-order valence-corrected chi connectivity index (χ3v) is 2.44. The molecule has 0 aromatic carbocycles. The molecule has 10 heavy (non-hydrogen) atoms. The summed E-state index contributed by atoms with van der Waals surface area (Å²) in [7, 11) is 0. The minimum absolute atomic E-state index is 0.115. The van der Waals surface area contributed by atoms with Gasteiger partial charge >= 0.3 is 5.97 Å². The van der Waals surface area contributed by atoms with Gasteiger partial charge in [0.2, 0.25) is 0 Å². The van der Waals surface area contributed by atoms with Gasteiger partial charge in [0, 0.05) is 5.41 Å². The zero-order valence-electron chi connectivity index (χ0n) is 4.80. The summed E-state index contributed by atoms with van der Waals surface area (Å²) < 4.78 is -0.847. The fourth-order valence-corrected chi connectivity index (χ4v) is 1.60. The van der Waals surface area contributed by atoms with Gasteiger partial charge in [-0.25, -0.2) is 4.79 Å². The lowest BCUT2D eigenvalue weighted by atomic mass is 10.5. The Bertz CT molecular complexity index is 203. The Kier molecular flexibility index (Phi) is 1.93. The summed E-state index contributed by atoms with van der Waals surface area (Å²) in [5, 5.41) is 12.4. The number of carboxylic acid groups (broad SMARTS) is 1. The first-order chi connectivity index (χ1) is 4.51. The van der Waals surface area contributed by atoms with Crippen molar-refractivity contribution in [3.8, 4) is 0 Å². The zero-order chi connectivity index (χ0) is 7.78. The highest BCUT2D eigenvalue weighted by atomic mass is 79.9. The number of carbonyl (C=O) groups is 1. The predicted molar refractivity (Wildman–Crippen MR) is 42.3 cm³/mol. The molecule has 1 heterocycles. The molecule has 0 aromatic rings. The molecule has 4 N–H and O–H groups in total. The van der Waals surface area contributed by atoms with E-state index in [4.69, 9.17) is 10.8 Å². The second-order valence-electron chi connectivity index (χ2n) is 1.72. The van der Waals surface area contributed by atoms with Crippen LogP contribution in [0, 0.1) is 0 Å². The molecule has 0 amide bonds. The van der Waals surface area contributed by atoms with Gasteiger partial charge in [-0.2, -0.15) is 0 Å². The van der Waals surface area contributed by atoms with E-state index in [2.05, 4.69) is 21.2 Å². The molecule has 0 aliphatic carbocycles. The van der Waals surface area contributed by atoms with Gasteiger partial charge in [0.25, 0.3) is 0 Å². The van der Waals surface area contributed by atoms with Gasteiger partial charge in [-0.1, -0.05) is 11.8 Å². The number of thioether (sulfide) groups is 1. The summed E-state index contributed by atoms with van der Waals surface area (Å²) in [5.41, 5.74) is 5.57. The Labute approximate surface area is 70.0 Å². The van der Waals surface area contributed by atoms with E-state index in [1.54, 1.807) is 0 Å². The number of hydrogen-bond acceptors (Lipinski definition) is 4. The van der Waals surface area contributed by atoms with Gasteiger partial charge in [-0.15, -0.1) is 0 Å². The van der Waals surface area contributed by atoms with Gasteiger partial charge in [0.05, 0.1) is 0 Å². The number of carboxylic acids is 1. The highest BCUT2D eigenvalue weighted by Gasteiger charge is 2.29. The predicted octanol–water partition coefficient (Wildman–Crippen LogP) is 0.214. The number of halogens is 1. The molecule has 1 rings (SSSR count). The molecule has 56 valence electrons. The topological polar surface area (TPSA) is 75.3 Å². The highest BCUT2D eigenvalue weighted by Crippen LogP contribution is 2.31. The molecule has 0 bridgehead atoms. The summed E-state index contributed by atoms with van der Waals surface area (Å²) >= 11 is 4.24. The molecule has 1 aliphatic heterocycles. The lowest BCUT2D eigenvalue weighted by Gasteiger charge is -2.14. The van der Waals surface area contributed by atoms with Crippen LogP contribution in [0.1, 0.15) is 0 Å². The Hall–Kier alpha value is -0.200. The molecule has 0 saturated carbocycles. The molecule has 4 nitrogen and oxygen atoms in total. The largest absolute Gasteiger partial charge is 0.477 e. The molecule has 0 spiro atoms. The summed E-state index contributed by atoms with van der Waals surface area (Å²) in [6.45, 7) is 0. The van der Waals surface area contributed by atoms with Crippen LogP contribution >= 0.6 is 27.7 Å². The third kappa shape index (κ3) is 1.65. The first-order valence-corrected chi connectivity index (χ1v) is 4.06. The maximum atomic E-state index is 10.3. The van der Waals surface area contributed by atoms with E-state index < -0.39 is 9.87 Å². The van der Waals surface area contributed by atoms with Crippen molar-refractivity contribution in [2.24, 2.45) is 5.73 Å². The van der Waals surface area contributed by atoms with Crippen molar-refractivity contribution in [3.05, 3.63) is 11.1 Å². The van der Waals surface area contributed by atoms with Crippen LogP contribution in [0.15, 0.2) is 11.1 Å². The molecule has 0 saturated heterocycles. The van der Waals surface area contributed by atoms with Crippen LogP contribution in [-0.2, 0) is 4.79 Å². The molecule has 6 heteroatoms. The van der Waals surface area contributed by atoms with Crippen LogP contribution < -0.4 is 11.1 Å². The first kappa shape index (κ1) is 7.90. The third-order valence-electron chi connectivity index (χ3n) is 0.884. The number of aliphatic carboxylic acids is 1. The lowest BCUT2D eigenvalue weighted by Crippen LogP contribution is -2.41. The van der Waals surface area contributed by atoms with Gasteiger partial charge in [-0.05, 0) is 15.9 Å². The standard InChI is InChI=1S/C4H5BrN2O2S/c5-4(6)7-2(1-10-4)3(8)9/h1,7H,6H2,(H,8,9). The number of alkyl halides is 1. The Morgan fingerprint density at radius 3 is 2.80 bits per heavy atom. The normalized spacial score (nSPS) is 31.2. The van der Waals surface area contributed by atoms with Crippen LogP contribution in [0.5, 0.6) is 0 Å². The van der Waals surface area contributed by atoms with Crippen LogP contribution in [-0.4, -0.2) is 15.0 Å². The maximum absolute atomic E-state index is 10.3. The van der Waals surface area contributed by atoms with Crippen molar-refractivity contribution < 1.29 is 9.90 Å². The van der Waals surface area contributed by atoms with Crippen molar-refractivity contribution in [3.63, 3.8) is 0 Å². The summed E-state index contributed by atoms with van der Waals surface area (Å²) in [5.74, 6) is -1.00. The van der Waals surface area contributed by atoms with Gasteiger partial charge < -0.3 is 10.4 Å². The average Bonchev–Trinajstić information content (AvgIpc) is 2.10. The van der Waals surface area contributed by atoms with Crippen molar-refractivity contribution in [2.75, 3.05) is 0 Å². The van der Waals surface area contributed by atoms with E-state index in [1.807, 2.05) is 0 Å². The van der Waals surface area contributed by atoms with Crippen LogP contribution in [0.4, 0.5) is 0 Å². The fourth-order valence-electron chi connectivity index (χ4n) is 0.491. The molecule has 1 aliphatic rings. The summed E-state index contributed by atoms with van der Waals surface area (Å²) in [4.78, 5) is 10.3. The monoisotopic (exact) mass is 224 g/mol. The second-order valence-corrected chi connectivity index (χ2v) is 4.62. The SMILES string of the molecule is NC1(Br)NC(C(=O)O)=CS1. The lowest BCUT2D eigenvalue weighted by molar-refractivity contribution is -0.133. The number of hydrogen-bond donors (Lipinski definition) is 3. The van der Waals surface area contributed by atoms with Crippen molar-refractivity contribution in [1.29, 1.82) is 0 Å². The molecular weight excluding hydrogens is 220 g/mol. The minimum atomic E-state index is -1.00. The summed E-state index contributed by atoms with van der Waals surface area (Å²) in [6, 6.07) is 0. The van der Waals surface area contributed by atoms with Crippen LogP contribution in [0.3, 0.4) is 0 Å². The Morgan fingerprint density at radius 1 is 2.00 bits per heavy atom. The smallest absolute Gasteiger partial charge is 0.352 e. The quantitative estimate of drug-likeness (QED) is 0.439. The molecule has 1 atom stereocenters. The summed E-state index contributed by atoms with van der Waals surface area (Å²) in [6.07, 6.45) is 0. The molecule has 0 radical (unpaired) electrons. The van der Waals surface area contributed by atoms with Crippen molar-refractivity contribution >= 4 is 33.7 Å². The number of rotatable bonds is 1. The van der Waals surface area contributed by atoms with Gasteiger partial charge in [0.15, 0.2) is 3.90 Å². The van der Waals surface area contributed by atoms with Gasteiger partial charge in [0.1, 0.15) is 5.70 Å². The van der Waals surface area contributed by atoms with Crippen LogP contribution in [0.2, 0.25) is 0 Å².